The highest BCUT2D eigenvalue weighted by Gasteiger charge is 2.19. The lowest BCUT2D eigenvalue weighted by molar-refractivity contribution is 0.0690. The van der Waals surface area contributed by atoms with Gasteiger partial charge >= 0.3 is 5.97 Å². The molecule has 0 unspecified atom stereocenters. The van der Waals surface area contributed by atoms with E-state index in [2.05, 4.69) is 29.7 Å². The molecular formula is C13H14N6O2. The molecule has 1 saturated heterocycles. The van der Waals surface area contributed by atoms with Gasteiger partial charge < -0.3 is 14.9 Å². The molecule has 3 rings (SSSR count). The Morgan fingerprint density at radius 3 is 2.05 bits per heavy atom. The molecule has 8 heteroatoms. The molecule has 0 bridgehead atoms. The predicted molar refractivity (Wildman–Crippen MR) is 75.4 cm³/mol. The first-order valence-electron chi connectivity index (χ1n) is 6.55. The number of rotatable bonds is 3. The van der Waals surface area contributed by atoms with Gasteiger partial charge in [0.25, 0.3) is 0 Å². The van der Waals surface area contributed by atoms with E-state index in [1.807, 2.05) is 0 Å². The lowest BCUT2D eigenvalue weighted by Crippen LogP contribution is -2.47. The van der Waals surface area contributed by atoms with Crippen molar-refractivity contribution in [3.8, 4) is 0 Å². The quantitative estimate of drug-likeness (QED) is 0.860. The van der Waals surface area contributed by atoms with Crippen LogP contribution in [0.2, 0.25) is 0 Å². The van der Waals surface area contributed by atoms with E-state index >= 15 is 0 Å². The number of carbonyl (C=O) groups is 1. The topological polar surface area (TPSA) is 95.3 Å². The second kappa shape index (κ2) is 5.70. The summed E-state index contributed by atoms with van der Waals surface area (Å²) in [6.07, 6.45) is 7.86. The third-order valence-corrected chi connectivity index (χ3v) is 3.33. The zero-order chi connectivity index (χ0) is 14.7. The highest BCUT2D eigenvalue weighted by Crippen LogP contribution is 2.16. The summed E-state index contributed by atoms with van der Waals surface area (Å²) in [7, 11) is 0. The van der Waals surface area contributed by atoms with E-state index in [4.69, 9.17) is 5.11 Å². The third kappa shape index (κ3) is 2.88. The van der Waals surface area contributed by atoms with Gasteiger partial charge in [0.15, 0.2) is 5.69 Å². The summed E-state index contributed by atoms with van der Waals surface area (Å²) in [4.78, 5) is 31.4. The number of aromatic carboxylic acids is 1. The molecule has 8 nitrogen and oxygen atoms in total. The van der Waals surface area contributed by atoms with Crippen LogP contribution in [0.4, 0.5) is 11.6 Å². The number of hydrogen-bond acceptors (Lipinski definition) is 7. The van der Waals surface area contributed by atoms with Gasteiger partial charge in [0.05, 0.1) is 18.6 Å². The van der Waals surface area contributed by atoms with E-state index in [1.165, 1.54) is 12.4 Å². The van der Waals surface area contributed by atoms with Crippen LogP contribution in [0.3, 0.4) is 0 Å². The van der Waals surface area contributed by atoms with Crippen molar-refractivity contribution in [2.75, 3.05) is 36.0 Å². The monoisotopic (exact) mass is 286 g/mol. The van der Waals surface area contributed by atoms with Crippen LogP contribution in [0.5, 0.6) is 0 Å². The molecule has 2 aromatic heterocycles. The molecule has 2 aromatic rings. The van der Waals surface area contributed by atoms with Gasteiger partial charge in [-0.3, -0.25) is 4.98 Å². The zero-order valence-corrected chi connectivity index (χ0v) is 11.3. The first-order valence-corrected chi connectivity index (χ1v) is 6.55. The third-order valence-electron chi connectivity index (χ3n) is 3.33. The van der Waals surface area contributed by atoms with E-state index in [0.29, 0.717) is 5.82 Å². The minimum atomic E-state index is -1.07. The molecule has 3 heterocycles. The molecule has 0 atom stereocenters. The van der Waals surface area contributed by atoms with Crippen molar-refractivity contribution in [3.63, 3.8) is 0 Å². The Labute approximate surface area is 121 Å². The van der Waals surface area contributed by atoms with Crippen molar-refractivity contribution in [2.24, 2.45) is 0 Å². The summed E-state index contributed by atoms with van der Waals surface area (Å²) in [5.74, 6) is 0.491. The minimum Gasteiger partial charge on any atom is -0.476 e. The number of carboxylic acid groups (broad SMARTS) is 1. The van der Waals surface area contributed by atoms with Crippen LogP contribution in [-0.2, 0) is 0 Å². The number of hydrogen-bond donors (Lipinski definition) is 1. The molecule has 0 amide bonds. The Hall–Kier alpha value is -2.77. The number of nitrogens with zero attached hydrogens (tertiary/aromatic N) is 6. The van der Waals surface area contributed by atoms with Gasteiger partial charge in [-0.05, 0) is 0 Å². The van der Waals surface area contributed by atoms with Gasteiger partial charge in [-0.15, -0.1) is 0 Å². The van der Waals surface area contributed by atoms with Gasteiger partial charge in [0.2, 0.25) is 0 Å². The molecule has 0 aliphatic carbocycles. The minimum absolute atomic E-state index is 0.0445. The van der Waals surface area contributed by atoms with Crippen LogP contribution in [-0.4, -0.2) is 57.2 Å². The Morgan fingerprint density at radius 1 is 0.905 bits per heavy atom. The average Bonchev–Trinajstić information content (AvgIpc) is 2.56. The Balaban J connectivity index is 1.64. The van der Waals surface area contributed by atoms with Crippen LogP contribution in [0.1, 0.15) is 10.5 Å². The molecule has 21 heavy (non-hydrogen) atoms. The standard InChI is InChI=1S/C13H14N6O2/c20-13(21)10-7-17-12(9-16-10)19-5-3-18(4-6-19)11-8-14-1-2-15-11/h1-2,7-9H,3-6H2,(H,20,21). The van der Waals surface area contributed by atoms with Gasteiger partial charge in [-0.25, -0.2) is 19.7 Å². The first kappa shape index (κ1) is 13.2. The van der Waals surface area contributed by atoms with Crippen LogP contribution in [0.15, 0.2) is 31.0 Å². The maximum absolute atomic E-state index is 10.8. The van der Waals surface area contributed by atoms with Crippen LogP contribution >= 0.6 is 0 Å². The maximum atomic E-state index is 10.8. The molecule has 1 aliphatic heterocycles. The first-order chi connectivity index (χ1) is 10.2. The average molecular weight is 286 g/mol. The predicted octanol–water partition coefficient (Wildman–Crippen LogP) is 0.291. The SMILES string of the molecule is O=C(O)c1cnc(N2CCN(c3cnccn3)CC2)cn1. The molecule has 0 spiro atoms. The van der Waals surface area contributed by atoms with Crippen LogP contribution < -0.4 is 9.80 Å². The summed E-state index contributed by atoms with van der Waals surface area (Å²) in [5.41, 5.74) is -0.0445. The Morgan fingerprint density at radius 2 is 1.57 bits per heavy atom. The van der Waals surface area contributed by atoms with Crippen molar-refractivity contribution >= 4 is 17.6 Å². The Bertz CT molecular complexity index is 610. The van der Waals surface area contributed by atoms with Crippen LogP contribution in [0, 0.1) is 0 Å². The molecule has 108 valence electrons. The van der Waals surface area contributed by atoms with Gasteiger partial charge in [0, 0.05) is 38.6 Å². The fraction of sp³-hybridized carbons (Fsp3) is 0.308. The molecule has 0 radical (unpaired) electrons. The highest BCUT2D eigenvalue weighted by molar-refractivity contribution is 5.84. The van der Waals surface area contributed by atoms with E-state index in [9.17, 15) is 4.79 Å². The second-order valence-corrected chi connectivity index (χ2v) is 4.60. The maximum Gasteiger partial charge on any atom is 0.356 e. The van der Waals surface area contributed by atoms with E-state index < -0.39 is 5.97 Å². The number of carboxylic acids is 1. The largest absolute Gasteiger partial charge is 0.476 e. The smallest absolute Gasteiger partial charge is 0.356 e. The van der Waals surface area contributed by atoms with Crippen LogP contribution in [0.25, 0.3) is 0 Å². The van der Waals surface area contributed by atoms with E-state index in [-0.39, 0.29) is 5.69 Å². The van der Waals surface area contributed by atoms with E-state index in [0.717, 1.165) is 32.0 Å². The molecular weight excluding hydrogens is 272 g/mol. The molecule has 1 aliphatic rings. The lowest BCUT2D eigenvalue weighted by Gasteiger charge is -2.35. The molecule has 0 aromatic carbocycles. The van der Waals surface area contributed by atoms with Crippen molar-refractivity contribution in [2.45, 2.75) is 0 Å². The van der Waals surface area contributed by atoms with E-state index in [1.54, 1.807) is 18.6 Å². The number of aromatic nitrogens is 4. The highest BCUT2D eigenvalue weighted by atomic mass is 16.4. The lowest BCUT2D eigenvalue weighted by atomic mass is 10.3. The van der Waals surface area contributed by atoms with Gasteiger partial charge in [0.1, 0.15) is 11.6 Å². The van der Waals surface area contributed by atoms with Crippen molar-refractivity contribution in [1.82, 2.24) is 19.9 Å². The number of piperazine rings is 1. The summed E-state index contributed by atoms with van der Waals surface area (Å²) in [6, 6.07) is 0. The second-order valence-electron chi connectivity index (χ2n) is 4.60. The van der Waals surface area contributed by atoms with Crippen molar-refractivity contribution in [1.29, 1.82) is 0 Å². The molecule has 1 N–H and O–H groups in total. The summed E-state index contributed by atoms with van der Waals surface area (Å²) < 4.78 is 0. The van der Waals surface area contributed by atoms with Crippen molar-refractivity contribution < 1.29 is 9.90 Å². The zero-order valence-electron chi connectivity index (χ0n) is 11.3. The van der Waals surface area contributed by atoms with Crippen molar-refractivity contribution in [3.05, 3.63) is 36.7 Å². The Kier molecular flexibility index (Phi) is 3.59. The molecule has 0 saturated carbocycles. The van der Waals surface area contributed by atoms with Gasteiger partial charge in [-0.1, -0.05) is 0 Å². The molecule has 1 fully saturated rings. The summed E-state index contributed by atoms with van der Waals surface area (Å²) in [6.45, 7) is 3.16. The number of anilines is 2. The normalized spacial score (nSPS) is 15.0. The summed E-state index contributed by atoms with van der Waals surface area (Å²) in [5, 5.41) is 8.81. The van der Waals surface area contributed by atoms with Gasteiger partial charge in [-0.2, -0.15) is 0 Å². The fourth-order valence-corrected chi connectivity index (χ4v) is 2.21. The summed E-state index contributed by atoms with van der Waals surface area (Å²) >= 11 is 0. The fourth-order valence-electron chi connectivity index (χ4n) is 2.21.